The minimum atomic E-state index is -0.502. The molecule has 0 aliphatic carbocycles. The molecule has 68 valence electrons. The summed E-state index contributed by atoms with van der Waals surface area (Å²) in [6, 6.07) is -0.461. The Morgan fingerprint density at radius 3 is 2.50 bits per heavy atom. The van der Waals surface area contributed by atoms with E-state index in [2.05, 4.69) is 10.1 Å². The van der Waals surface area contributed by atoms with E-state index in [-0.39, 0.29) is 12.4 Å². The number of cyclic esters (lactones) is 1. The predicted octanol–water partition coefficient (Wildman–Crippen LogP) is 0.710. The van der Waals surface area contributed by atoms with Gasteiger partial charge < -0.3 is 10.1 Å². The lowest BCUT2D eigenvalue weighted by atomic mass is 9.87. The number of rotatable bonds is 1. The van der Waals surface area contributed by atoms with Gasteiger partial charge >= 0.3 is 6.09 Å². The molecule has 1 atom stereocenters. The lowest BCUT2D eigenvalue weighted by Gasteiger charge is -2.19. The molecule has 0 unspecified atom stereocenters. The maximum absolute atomic E-state index is 11.5. The Morgan fingerprint density at radius 1 is 1.58 bits per heavy atom. The van der Waals surface area contributed by atoms with Crippen LogP contribution in [0, 0.1) is 5.41 Å². The molecule has 0 aromatic heterocycles. The largest absolute Gasteiger partial charge is 0.447 e. The van der Waals surface area contributed by atoms with Crippen molar-refractivity contribution < 1.29 is 14.3 Å². The molecule has 0 aromatic rings. The first-order chi connectivity index (χ1) is 5.41. The zero-order valence-corrected chi connectivity index (χ0v) is 7.51. The fourth-order valence-corrected chi connectivity index (χ4v) is 1.05. The maximum atomic E-state index is 11.5. The van der Waals surface area contributed by atoms with Gasteiger partial charge in [-0.25, -0.2) is 4.79 Å². The molecule has 1 fully saturated rings. The Morgan fingerprint density at radius 2 is 2.17 bits per heavy atom. The highest BCUT2D eigenvalue weighted by Gasteiger charge is 2.35. The van der Waals surface area contributed by atoms with Gasteiger partial charge in [0.2, 0.25) is 0 Å². The Hall–Kier alpha value is -1.06. The summed E-state index contributed by atoms with van der Waals surface area (Å²) in [5.74, 6) is 0.00773. The van der Waals surface area contributed by atoms with Gasteiger partial charge in [-0.3, -0.25) is 4.79 Å². The summed E-state index contributed by atoms with van der Waals surface area (Å²) in [6.07, 6.45) is -0.502. The van der Waals surface area contributed by atoms with Gasteiger partial charge in [-0.15, -0.1) is 0 Å². The molecule has 1 heterocycles. The smallest absolute Gasteiger partial charge is 0.407 e. The summed E-state index contributed by atoms with van der Waals surface area (Å²) < 4.78 is 4.61. The Bertz CT molecular complexity index is 217. The van der Waals surface area contributed by atoms with Crippen molar-refractivity contribution in [1.29, 1.82) is 0 Å². The molecule has 4 nitrogen and oxygen atoms in total. The second kappa shape index (κ2) is 2.77. The number of amides is 1. The van der Waals surface area contributed by atoms with Crippen molar-refractivity contribution in [1.82, 2.24) is 5.32 Å². The Kier molecular flexibility index (Phi) is 2.08. The lowest BCUT2D eigenvalue weighted by molar-refractivity contribution is -0.128. The molecule has 4 heteroatoms. The Labute approximate surface area is 71.3 Å². The molecular formula is C8H13NO3. The number of hydrogen-bond donors (Lipinski definition) is 1. The highest BCUT2D eigenvalue weighted by molar-refractivity contribution is 5.92. The van der Waals surface area contributed by atoms with Crippen molar-refractivity contribution in [3.8, 4) is 0 Å². The van der Waals surface area contributed by atoms with Crippen molar-refractivity contribution in [2.75, 3.05) is 6.61 Å². The third-order valence-corrected chi connectivity index (χ3v) is 1.73. The molecular weight excluding hydrogens is 158 g/mol. The maximum Gasteiger partial charge on any atom is 0.407 e. The van der Waals surface area contributed by atoms with Gasteiger partial charge in [0.15, 0.2) is 5.78 Å². The first kappa shape index (κ1) is 9.03. The van der Waals surface area contributed by atoms with E-state index in [4.69, 9.17) is 0 Å². The first-order valence-corrected chi connectivity index (χ1v) is 3.89. The summed E-state index contributed by atoms with van der Waals surface area (Å²) in [6.45, 7) is 5.62. The molecule has 1 saturated heterocycles. The first-order valence-electron chi connectivity index (χ1n) is 3.89. The van der Waals surface area contributed by atoms with Crippen LogP contribution in [0.3, 0.4) is 0 Å². The quantitative estimate of drug-likeness (QED) is 0.632. The summed E-state index contributed by atoms with van der Waals surface area (Å²) >= 11 is 0. The summed E-state index contributed by atoms with van der Waals surface area (Å²) in [5, 5.41) is 2.45. The van der Waals surface area contributed by atoms with Crippen LogP contribution in [-0.4, -0.2) is 24.5 Å². The molecule has 1 N–H and O–H groups in total. The molecule has 0 spiro atoms. The standard InChI is InChI=1S/C8H13NO3/c1-8(2,3)6(10)5-4-12-7(11)9-5/h5H,4H2,1-3H3,(H,9,11)/t5-/m0/s1. The number of carbonyl (C=O) groups is 2. The zero-order valence-electron chi connectivity index (χ0n) is 7.51. The van der Waals surface area contributed by atoms with E-state index >= 15 is 0 Å². The minimum absolute atomic E-state index is 0.00773. The molecule has 1 amide bonds. The number of carbonyl (C=O) groups excluding carboxylic acids is 2. The topological polar surface area (TPSA) is 55.4 Å². The molecule has 12 heavy (non-hydrogen) atoms. The third-order valence-electron chi connectivity index (χ3n) is 1.73. The van der Waals surface area contributed by atoms with Crippen molar-refractivity contribution in [3.05, 3.63) is 0 Å². The lowest BCUT2D eigenvalue weighted by Crippen LogP contribution is -2.41. The number of Topliss-reactive ketones (excluding diaryl/α,β-unsaturated/α-hetero) is 1. The van der Waals surface area contributed by atoms with Crippen LogP contribution < -0.4 is 5.32 Å². The van der Waals surface area contributed by atoms with Crippen LogP contribution in [0.4, 0.5) is 4.79 Å². The van der Waals surface area contributed by atoms with E-state index < -0.39 is 17.6 Å². The SMILES string of the molecule is CC(C)(C)C(=O)[C@@H]1COC(=O)N1. The second-order valence-corrected chi connectivity index (χ2v) is 3.91. The molecule has 1 aliphatic heterocycles. The van der Waals surface area contributed by atoms with Crippen molar-refractivity contribution in [3.63, 3.8) is 0 Å². The van der Waals surface area contributed by atoms with Gasteiger partial charge in [-0.2, -0.15) is 0 Å². The van der Waals surface area contributed by atoms with E-state index in [1.165, 1.54) is 0 Å². The molecule has 0 aromatic carbocycles. The number of alkyl carbamates (subject to hydrolysis) is 1. The van der Waals surface area contributed by atoms with Crippen molar-refractivity contribution in [2.45, 2.75) is 26.8 Å². The van der Waals surface area contributed by atoms with Gasteiger partial charge in [0.25, 0.3) is 0 Å². The fourth-order valence-electron chi connectivity index (χ4n) is 1.05. The van der Waals surface area contributed by atoms with E-state index in [9.17, 15) is 9.59 Å². The predicted molar refractivity (Wildman–Crippen MR) is 42.7 cm³/mol. The van der Waals surface area contributed by atoms with E-state index in [0.717, 1.165) is 0 Å². The normalized spacial score (nSPS) is 23.2. The van der Waals surface area contributed by atoms with Gasteiger partial charge in [0.05, 0.1) is 0 Å². The van der Waals surface area contributed by atoms with Gasteiger partial charge in [-0.05, 0) is 0 Å². The van der Waals surface area contributed by atoms with Crippen LogP contribution in [0.1, 0.15) is 20.8 Å². The number of ketones is 1. The Balaban J connectivity index is 2.61. The molecule has 0 saturated carbocycles. The molecule has 1 rings (SSSR count). The summed E-state index contributed by atoms with van der Waals surface area (Å²) in [7, 11) is 0. The van der Waals surface area contributed by atoms with Crippen LogP contribution in [0.2, 0.25) is 0 Å². The molecule has 0 bridgehead atoms. The van der Waals surface area contributed by atoms with E-state index in [1.807, 2.05) is 20.8 Å². The van der Waals surface area contributed by atoms with Gasteiger partial charge in [0, 0.05) is 5.41 Å². The average Bonchev–Trinajstić information content (AvgIpc) is 2.32. The second-order valence-electron chi connectivity index (χ2n) is 3.91. The number of ether oxygens (including phenoxy) is 1. The van der Waals surface area contributed by atoms with Crippen molar-refractivity contribution >= 4 is 11.9 Å². The van der Waals surface area contributed by atoms with E-state index in [1.54, 1.807) is 0 Å². The van der Waals surface area contributed by atoms with Crippen LogP contribution >= 0.6 is 0 Å². The average molecular weight is 171 g/mol. The summed E-state index contributed by atoms with van der Waals surface area (Å²) in [5.41, 5.74) is -0.425. The number of hydrogen-bond acceptors (Lipinski definition) is 3. The highest BCUT2D eigenvalue weighted by Crippen LogP contribution is 2.18. The molecule has 1 aliphatic rings. The molecule has 0 radical (unpaired) electrons. The minimum Gasteiger partial charge on any atom is -0.447 e. The number of nitrogens with one attached hydrogen (secondary N) is 1. The fraction of sp³-hybridized carbons (Fsp3) is 0.750. The summed E-state index contributed by atoms with van der Waals surface area (Å²) in [4.78, 5) is 22.1. The van der Waals surface area contributed by atoms with Crippen LogP contribution in [0.5, 0.6) is 0 Å². The van der Waals surface area contributed by atoms with Crippen LogP contribution in [0.15, 0.2) is 0 Å². The third kappa shape index (κ3) is 1.75. The van der Waals surface area contributed by atoms with Crippen LogP contribution in [0.25, 0.3) is 0 Å². The van der Waals surface area contributed by atoms with E-state index in [0.29, 0.717) is 0 Å². The highest BCUT2D eigenvalue weighted by atomic mass is 16.6. The zero-order chi connectivity index (χ0) is 9.35. The van der Waals surface area contributed by atoms with Crippen LogP contribution in [-0.2, 0) is 9.53 Å². The van der Waals surface area contributed by atoms with Gasteiger partial charge in [-0.1, -0.05) is 20.8 Å². The van der Waals surface area contributed by atoms with Gasteiger partial charge in [0.1, 0.15) is 12.6 Å². The monoisotopic (exact) mass is 171 g/mol. The van der Waals surface area contributed by atoms with Crippen molar-refractivity contribution in [2.24, 2.45) is 5.41 Å².